The zero-order chi connectivity index (χ0) is 17.8. The largest absolute Gasteiger partial charge is 0.420 e. The number of nitrogens with one attached hydrogen (secondary N) is 2. The highest BCUT2D eigenvalue weighted by Gasteiger charge is 2.58. The van der Waals surface area contributed by atoms with Crippen molar-refractivity contribution >= 4 is 23.2 Å². The molecule has 0 saturated carbocycles. The molecule has 4 N–H and O–H groups in total. The number of H-pyrrole nitrogens is 1. The van der Waals surface area contributed by atoms with E-state index < -0.39 is 5.41 Å². The number of nitrogens with zero attached hydrogens (tertiary/aromatic N) is 2. The number of aromatic nitrogens is 2. The average Bonchev–Trinajstić information content (AvgIpc) is 3.09. The van der Waals surface area contributed by atoms with E-state index in [0.29, 0.717) is 28.3 Å². The molecule has 126 valence electrons. The van der Waals surface area contributed by atoms with Gasteiger partial charge in [-0.3, -0.25) is 9.89 Å². The highest BCUT2D eigenvalue weighted by molar-refractivity contribution is 6.31. The molecule has 25 heavy (non-hydrogen) atoms. The van der Waals surface area contributed by atoms with Crippen molar-refractivity contribution in [2.24, 2.45) is 5.73 Å². The van der Waals surface area contributed by atoms with E-state index in [-0.39, 0.29) is 23.2 Å². The summed E-state index contributed by atoms with van der Waals surface area (Å²) in [6.45, 7) is 2.01. The SMILES string of the molecule is CCCc1[nH]nc2c1[C@@]1(C(=O)Nc3ccc(Cl)cc31)C(C#N)=C(N)O2. The number of aromatic amines is 1. The zero-order valence-electron chi connectivity index (χ0n) is 13.3. The van der Waals surface area contributed by atoms with E-state index in [9.17, 15) is 10.1 Å². The van der Waals surface area contributed by atoms with Crippen LogP contribution in [0.3, 0.4) is 0 Å². The Morgan fingerprint density at radius 3 is 3.00 bits per heavy atom. The van der Waals surface area contributed by atoms with Crippen LogP contribution in [0.2, 0.25) is 5.02 Å². The Morgan fingerprint density at radius 2 is 2.28 bits per heavy atom. The molecule has 1 spiro atoms. The topological polar surface area (TPSA) is 117 Å². The number of carbonyl (C=O) groups excluding carboxylic acids is 1. The summed E-state index contributed by atoms with van der Waals surface area (Å²) in [6, 6.07) is 7.13. The maximum atomic E-state index is 13.2. The summed E-state index contributed by atoms with van der Waals surface area (Å²) in [5, 5.41) is 20.1. The average molecular weight is 356 g/mol. The zero-order valence-corrected chi connectivity index (χ0v) is 14.1. The van der Waals surface area contributed by atoms with Gasteiger partial charge in [0.05, 0.1) is 5.56 Å². The van der Waals surface area contributed by atoms with E-state index in [1.807, 2.05) is 6.92 Å². The fraction of sp³-hybridized carbons (Fsp3) is 0.235. The fourth-order valence-corrected chi connectivity index (χ4v) is 3.80. The number of halogens is 1. The van der Waals surface area contributed by atoms with Gasteiger partial charge in [0, 0.05) is 22.0 Å². The number of anilines is 1. The first-order valence-electron chi connectivity index (χ1n) is 7.81. The predicted molar refractivity (Wildman–Crippen MR) is 90.9 cm³/mol. The molecule has 4 rings (SSSR count). The van der Waals surface area contributed by atoms with Crippen LogP contribution < -0.4 is 15.8 Å². The van der Waals surface area contributed by atoms with E-state index in [1.165, 1.54) is 0 Å². The minimum atomic E-state index is -1.41. The van der Waals surface area contributed by atoms with Gasteiger partial charge in [-0.15, -0.1) is 5.10 Å². The Balaban J connectivity index is 2.13. The molecule has 1 atom stereocenters. The van der Waals surface area contributed by atoms with Crippen LogP contribution in [-0.2, 0) is 16.6 Å². The van der Waals surface area contributed by atoms with Gasteiger partial charge in [-0.2, -0.15) is 5.26 Å². The van der Waals surface area contributed by atoms with Crippen LogP contribution in [-0.4, -0.2) is 16.1 Å². The smallest absolute Gasteiger partial charge is 0.245 e. The van der Waals surface area contributed by atoms with Crippen LogP contribution >= 0.6 is 11.6 Å². The normalized spacial score (nSPS) is 20.8. The summed E-state index contributed by atoms with van der Waals surface area (Å²) < 4.78 is 5.52. The van der Waals surface area contributed by atoms with E-state index in [2.05, 4.69) is 21.6 Å². The van der Waals surface area contributed by atoms with Crippen molar-refractivity contribution in [3.05, 3.63) is 51.5 Å². The van der Waals surface area contributed by atoms with Crippen LogP contribution in [0.4, 0.5) is 5.69 Å². The molecule has 0 unspecified atom stereocenters. The number of rotatable bonds is 2. The second kappa shape index (κ2) is 5.26. The van der Waals surface area contributed by atoms with Gasteiger partial charge in [0.15, 0.2) is 0 Å². The molecule has 0 aliphatic carbocycles. The quantitative estimate of drug-likeness (QED) is 0.764. The molecule has 7 nitrogen and oxygen atoms in total. The lowest BCUT2D eigenvalue weighted by atomic mass is 9.69. The van der Waals surface area contributed by atoms with Crippen LogP contribution in [0.1, 0.15) is 30.2 Å². The summed E-state index contributed by atoms with van der Waals surface area (Å²) in [7, 11) is 0. The number of aryl methyl sites for hydroxylation is 1. The van der Waals surface area contributed by atoms with Crippen molar-refractivity contribution in [3.8, 4) is 11.9 Å². The number of carbonyl (C=O) groups is 1. The van der Waals surface area contributed by atoms with Gasteiger partial charge >= 0.3 is 0 Å². The van der Waals surface area contributed by atoms with Crippen molar-refractivity contribution in [3.63, 3.8) is 0 Å². The molecule has 1 amide bonds. The molecule has 8 heteroatoms. The highest BCUT2D eigenvalue weighted by atomic mass is 35.5. The van der Waals surface area contributed by atoms with Gasteiger partial charge < -0.3 is 15.8 Å². The highest BCUT2D eigenvalue weighted by Crippen LogP contribution is 2.54. The summed E-state index contributed by atoms with van der Waals surface area (Å²) >= 11 is 6.18. The standard InChI is InChI=1S/C17H14ClN5O2/c1-2-3-12-13-15(23-22-12)25-14(20)10(7-19)17(13)9-6-8(18)4-5-11(9)21-16(17)24/h4-6H,2-3,20H2,1H3,(H,21,24)(H,22,23)/t17-/m0/s1. The Morgan fingerprint density at radius 1 is 1.48 bits per heavy atom. The van der Waals surface area contributed by atoms with Gasteiger partial charge in [0.1, 0.15) is 17.1 Å². The summed E-state index contributed by atoms with van der Waals surface area (Å²) in [6.07, 6.45) is 1.48. The molecular weight excluding hydrogens is 342 g/mol. The Labute approximate surface area is 148 Å². The van der Waals surface area contributed by atoms with E-state index in [1.54, 1.807) is 18.2 Å². The van der Waals surface area contributed by atoms with Gasteiger partial charge in [0.2, 0.25) is 17.7 Å². The first-order valence-corrected chi connectivity index (χ1v) is 8.19. The van der Waals surface area contributed by atoms with Crippen molar-refractivity contribution in [2.45, 2.75) is 25.2 Å². The third-order valence-electron chi connectivity index (χ3n) is 4.60. The molecule has 2 aliphatic rings. The third kappa shape index (κ3) is 1.86. The van der Waals surface area contributed by atoms with Crippen molar-refractivity contribution in [1.29, 1.82) is 5.26 Å². The lowest BCUT2D eigenvalue weighted by Gasteiger charge is -2.31. The van der Waals surface area contributed by atoms with Crippen molar-refractivity contribution in [2.75, 3.05) is 5.32 Å². The summed E-state index contributed by atoms with van der Waals surface area (Å²) in [5.74, 6) is -0.289. The Kier molecular flexibility index (Phi) is 3.27. The van der Waals surface area contributed by atoms with Crippen LogP contribution in [0.5, 0.6) is 5.88 Å². The predicted octanol–water partition coefficient (Wildman–Crippen LogP) is 2.34. The Hall–Kier alpha value is -2.98. The first kappa shape index (κ1) is 15.5. The molecular formula is C17H14ClN5O2. The third-order valence-corrected chi connectivity index (χ3v) is 4.83. The van der Waals surface area contributed by atoms with E-state index in [0.717, 1.165) is 12.1 Å². The molecule has 0 radical (unpaired) electrons. The number of nitriles is 1. The summed E-state index contributed by atoms with van der Waals surface area (Å²) in [5.41, 5.74) is 7.02. The maximum absolute atomic E-state index is 13.2. The van der Waals surface area contributed by atoms with E-state index >= 15 is 0 Å². The number of hydrogen-bond acceptors (Lipinski definition) is 5. The minimum absolute atomic E-state index is 0.0391. The number of fused-ring (bicyclic) bond motifs is 4. The lowest BCUT2D eigenvalue weighted by molar-refractivity contribution is -0.118. The number of benzene rings is 1. The molecule has 0 fully saturated rings. The second-order valence-corrected chi connectivity index (χ2v) is 6.42. The fourth-order valence-electron chi connectivity index (χ4n) is 3.63. The molecule has 2 aliphatic heterocycles. The number of nitrogens with two attached hydrogens (primary N) is 1. The Bertz CT molecular complexity index is 987. The molecule has 2 aromatic rings. The summed E-state index contributed by atoms with van der Waals surface area (Å²) in [4.78, 5) is 13.2. The maximum Gasteiger partial charge on any atom is 0.245 e. The van der Waals surface area contributed by atoms with Gasteiger partial charge in [-0.05, 0) is 24.6 Å². The minimum Gasteiger partial charge on any atom is -0.420 e. The number of hydrogen-bond donors (Lipinski definition) is 3. The van der Waals surface area contributed by atoms with Crippen LogP contribution in [0.15, 0.2) is 29.7 Å². The number of ether oxygens (including phenoxy) is 1. The van der Waals surface area contributed by atoms with Crippen molar-refractivity contribution in [1.82, 2.24) is 10.2 Å². The molecule has 3 heterocycles. The van der Waals surface area contributed by atoms with Gasteiger partial charge in [0.25, 0.3) is 0 Å². The van der Waals surface area contributed by atoms with Gasteiger partial charge in [-0.1, -0.05) is 24.9 Å². The molecule has 1 aromatic heterocycles. The van der Waals surface area contributed by atoms with Gasteiger partial charge in [-0.25, -0.2) is 0 Å². The monoisotopic (exact) mass is 355 g/mol. The lowest BCUT2D eigenvalue weighted by Crippen LogP contribution is -2.42. The van der Waals surface area contributed by atoms with E-state index in [4.69, 9.17) is 22.1 Å². The first-order chi connectivity index (χ1) is 12.0. The van der Waals surface area contributed by atoms with Crippen molar-refractivity contribution < 1.29 is 9.53 Å². The number of amides is 1. The molecule has 0 bridgehead atoms. The second-order valence-electron chi connectivity index (χ2n) is 5.98. The van der Waals surface area contributed by atoms with Crippen LogP contribution in [0.25, 0.3) is 0 Å². The molecule has 0 saturated heterocycles. The van der Waals surface area contributed by atoms with Crippen LogP contribution in [0, 0.1) is 11.3 Å². The molecule has 1 aromatic carbocycles.